The zero-order valence-electron chi connectivity index (χ0n) is 8.51. The third-order valence-electron chi connectivity index (χ3n) is 2.70. The van der Waals surface area contributed by atoms with Crippen LogP contribution in [0.15, 0.2) is 16.5 Å². The molecule has 1 aromatic heterocycles. The number of oxazole rings is 1. The van der Waals surface area contributed by atoms with E-state index >= 15 is 0 Å². The molecule has 3 rings (SSSR count). The van der Waals surface area contributed by atoms with Crippen LogP contribution >= 0.6 is 11.6 Å². The van der Waals surface area contributed by atoms with E-state index in [2.05, 4.69) is 4.98 Å². The minimum atomic E-state index is -4.48. The van der Waals surface area contributed by atoms with Crippen molar-refractivity contribution in [2.75, 3.05) is 0 Å². The molecule has 2 aromatic rings. The highest BCUT2D eigenvalue weighted by Gasteiger charge is 2.37. The van der Waals surface area contributed by atoms with Crippen molar-refractivity contribution in [2.24, 2.45) is 0 Å². The Kier molecular flexibility index (Phi) is 2.17. The first-order valence-electron chi connectivity index (χ1n) is 5.12. The van der Waals surface area contributed by atoms with Gasteiger partial charge in [-0.3, -0.25) is 0 Å². The van der Waals surface area contributed by atoms with Crippen LogP contribution < -0.4 is 0 Å². The van der Waals surface area contributed by atoms with Crippen LogP contribution in [0.3, 0.4) is 0 Å². The Morgan fingerprint density at radius 3 is 2.59 bits per heavy atom. The molecular formula is C11H7ClF3NO. The minimum absolute atomic E-state index is 0.0143. The van der Waals surface area contributed by atoms with Gasteiger partial charge in [0, 0.05) is 10.9 Å². The van der Waals surface area contributed by atoms with Gasteiger partial charge in [-0.1, -0.05) is 11.6 Å². The van der Waals surface area contributed by atoms with Gasteiger partial charge in [0.15, 0.2) is 11.5 Å². The average Bonchev–Trinajstić information content (AvgIpc) is 2.96. The number of aromatic nitrogens is 1. The first-order chi connectivity index (χ1) is 7.95. The summed E-state index contributed by atoms with van der Waals surface area (Å²) in [5, 5.41) is 0.0143. The SMILES string of the molecule is FC(F)(F)c1cc(Cl)cc2nc(C3CC3)oc12. The van der Waals surface area contributed by atoms with E-state index < -0.39 is 11.7 Å². The monoisotopic (exact) mass is 261 g/mol. The van der Waals surface area contributed by atoms with Crippen LogP contribution in [0.25, 0.3) is 11.1 Å². The van der Waals surface area contributed by atoms with Gasteiger partial charge in [-0.05, 0) is 25.0 Å². The predicted molar refractivity (Wildman–Crippen MR) is 56.0 cm³/mol. The highest BCUT2D eigenvalue weighted by Crippen LogP contribution is 2.43. The maximum atomic E-state index is 12.8. The number of halogens is 4. The van der Waals surface area contributed by atoms with Crippen molar-refractivity contribution in [1.29, 1.82) is 0 Å². The summed E-state index contributed by atoms with van der Waals surface area (Å²) >= 11 is 5.65. The molecule has 0 aliphatic heterocycles. The lowest BCUT2D eigenvalue weighted by molar-refractivity contribution is -0.136. The van der Waals surface area contributed by atoms with Gasteiger partial charge in [0.25, 0.3) is 0 Å². The molecule has 0 spiro atoms. The molecule has 1 saturated carbocycles. The van der Waals surface area contributed by atoms with E-state index in [1.54, 1.807) is 0 Å². The molecule has 2 nitrogen and oxygen atoms in total. The topological polar surface area (TPSA) is 26.0 Å². The van der Waals surface area contributed by atoms with Crippen LogP contribution in [0.5, 0.6) is 0 Å². The molecule has 0 amide bonds. The third kappa shape index (κ3) is 1.88. The van der Waals surface area contributed by atoms with Gasteiger partial charge in [0.1, 0.15) is 11.1 Å². The van der Waals surface area contributed by atoms with Crippen LogP contribution in [0.1, 0.15) is 30.2 Å². The van der Waals surface area contributed by atoms with Crippen LogP contribution in [0, 0.1) is 0 Å². The van der Waals surface area contributed by atoms with E-state index in [-0.39, 0.29) is 22.0 Å². The summed E-state index contributed by atoms with van der Waals surface area (Å²) in [5.74, 6) is 0.551. The molecule has 1 aliphatic carbocycles. The smallest absolute Gasteiger partial charge is 0.420 e. The summed E-state index contributed by atoms with van der Waals surface area (Å²) in [6.45, 7) is 0. The Morgan fingerprint density at radius 1 is 1.29 bits per heavy atom. The molecule has 0 radical (unpaired) electrons. The quantitative estimate of drug-likeness (QED) is 0.761. The molecule has 1 fully saturated rings. The van der Waals surface area contributed by atoms with E-state index in [4.69, 9.17) is 16.0 Å². The summed E-state index contributed by atoms with van der Waals surface area (Å²) in [5.41, 5.74) is -0.907. The molecule has 1 aromatic carbocycles. The van der Waals surface area contributed by atoms with Crippen molar-refractivity contribution in [3.63, 3.8) is 0 Å². The van der Waals surface area contributed by atoms with Gasteiger partial charge in [-0.15, -0.1) is 0 Å². The summed E-state index contributed by atoms with van der Waals surface area (Å²) < 4.78 is 43.5. The van der Waals surface area contributed by atoms with E-state index in [0.717, 1.165) is 18.9 Å². The number of nitrogens with zero attached hydrogens (tertiary/aromatic N) is 1. The van der Waals surface area contributed by atoms with Gasteiger partial charge in [-0.2, -0.15) is 13.2 Å². The second-order valence-electron chi connectivity index (χ2n) is 4.13. The van der Waals surface area contributed by atoms with Crippen molar-refractivity contribution in [3.8, 4) is 0 Å². The summed E-state index contributed by atoms with van der Waals surface area (Å²) in [7, 11) is 0. The molecule has 0 unspecified atom stereocenters. The van der Waals surface area contributed by atoms with Gasteiger partial charge >= 0.3 is 6.18 Å². The zero-order valence-corrected chi connectivity index (χ0v) is 9.27. The maximum absolute atomic E-state index is 12.8. The van der Waals surface area contributed by atoms with Crippen molar-refractivity contribution in [1.82, 2.24) is 4.98 Å². The summed E-state index contributed by atoms with van der Waals surface area (Å²) in [4.78, 5) is 4.06. The molecule has 17 heavy (non-hydrogen) atoms. The Morgan fingerprint density at radius 2 is 2.00 bits per heavy atom. The van der Waals surface area contributed by atoms with E-state index in [1.807, 2.05) is 0 Å². The molecule has 0 saturated heterocycles. The maximum Gasteiger partial charge on any atom is 0.420 e. The molecule has 6 heteroatoms. The van der Waals surface area contributed by atoms with Crippen molar-refractivity contribution in [3.05, 3.63) is 28.6 Å². The molecule has 0 atom stereocenters. The lowest BCUT2D eigenvalue weighted by atomic mass is 10.2. The van der Waals surface area contributed by atoms with Gasteiger partial charge in [-0.25, -0.2) is 4.98 Å². The Labute approximate surface area is 99.4 Å². The standard InChI is InChI=1S/C11H7ClF3NO/c12-6-3-7(11(13,14)15)9-8(4-6)16-10(17-9)5-1-2-5/h3-5H,1-2H2. The Bertz CT molecular complexity index is 586. The second-order valence-corrected chi connectivity index (χ2v) is 4.56. The number of hydrogen-bond donors (Lipinski definition) is 0. The predicted octanol–water partition coefficient (Wildman–Crippen LogP) is 4.38. The highest BCUT2D eigenvalue weighted by molar-refractivity contribution is 6.31. The van der Waals surface area contributed by atoms with Gasteiger partial charge < -0.3 is 4.42 Å². The molecule has 0 N–H and O–H groups in total. The zero-order chi connectivity index (χ0) is 12.2. The van der Waals surface area contributed by atoms with Crippen molar-refractivity contribution >= 4 is 22.7 Å². The molecule has 90 valence electrons. The fourth-order valence-corrected chi connectivity index (χ4v) is 1.94. The average molecular weight is 262 g/mol. The highest BCUT2D eigenvalue weighted by atomic mass is 35.5. The van der Waals surface area contributed by atoms with Gasteiger partial charge in [0.05, 0.1) is 0 Å². The normalized spacial score (nSPS) is 16.7. The van der Waals surface area contributed by atoms with Crippen molar-refractivity contribution in [2.45, 2.75) is 24.9 Å². The lowest BCUT2D eigenvalue weighted by Crippen LogP contribution is -2.05. The number of fused-ring (bicyclic) bond motifs is 1. The number of rotatable bonds is 1. The van der Waals surface area contributed by atoms with Crippen LogP contribution in [-0.4, -0.2) is 4.98 Å². The van der Waals surface area contributed by atoms with E-state index in [9.17, 15) is 13.2 Å². The van der Waals surface area contributed by atoms with Crippen LogP contribution in [0.2, 0.25) is 5.02 Å². The first-order valence-corrected chi connectivity index (χ1v) is 5.50. The molecular weight excluding hydrogens is 255 g/mol. The third-order valence-corrected chi connectivity index (χ3v) is 2.92. The van der Waals surface area contributed by atoms with Crippen LogP contribution in [-0.2, 0) is 6.18 Å². The van der Waals surface area contributed by atoms with Crippen LogP contribution in [0.4, 0.5) is 13.2 Å². The van der Waals surface area contributed by atoms with E-state index in [1.165, 1.54) is 6.07 Å². The second kappa shape index (κ2) is 3.38. The molecule has 1 heterocycles. The van der Waals surface area contributed by atoms with E-state index in [0.29, 0.717) is 5.89 Å². The molecule has 0 bridgehead atoms. The molecule has 1 aliphatic rings. The Balaban J connectivity index is 2.25. The minimum Gasteiger partial charge on any atom is -0.440 e. The van der Waals surface area contributed by atoms with Crippen molar-refractivity contribution < 1.29 is 17.6 Å². The van der Waals surface area contributed by atoms with Gasteiger partial charge in [0.2, 0.25) is 0 Å². The number of alkyl halides is 3. The lowest BCUT2D eigenvalue weighted by Gasteiger charge is -2.06. The summed E-state index contributed by atoms with van der Waals surface area (Å²) in [6.07, 6.45) is -2.65. The first kappa shape index (κ1) is 10.9. The largest absolute Gasteiger partial charge is 0.440 e. The fourth-order valence-electron chi connectivity index (χ4n) is 1.73. The summed E-state index contributed by atoms with van der Waals surface area (Å²) in [6, 6.07) is 2.26. The fraction of sp³-hybridized carbons (Fsp3) is 0.364. The number of benzene rings is 1. The Hall–Kier alpha value is -1.23. The number of hydrogen-bond acceptors (Lipinski definition) is 2.